The summed E-state index contributed by atoms with van der Waals surface area (Å²) in [6.07, 6.45) is 1.14. The van der Waals surface area contributed by atoms with E-state index in [2.05, 4.69) is 5.32 Å². The van der Waals surface area contributed by atoms with E-state index in [0.29, 0.717) is 5.56 Å². The fraction of sp³-hybridized carbons (Fsp3) is 0. The number of nitro benzene ring substituents is 1. The van der Waals surface area contributed by atoms with Crippen LogP contribution in [0.5, 0.6) is 0 Å². The van der Waals surface area contributed by atoms with E-state index in [0.717, 1.165) is 6.08 Å². The van der Waals surface area contributed by atoms with Gasteiger partial charge in [-0.25, -0.2) is 4.79 Å². The summed E-state index contributed by atoms with van der Waals surface area (Å²) in [6.45, 7) is 0. The molecule has 28 heavy (non-hydrogen) atoms. The number of para-hydroxylation sites is 1. The van der Waals surface area contributed by atoms with Gasteiger partial charge < -0.3 is 14.8 Å². The van der Waals surface area contributed by atoms with Crippen molar-refractivity contribution in [1.82, 2.24) is 5.32 Å². The molecular weight excluding hydrogens is 364 g/mol. The van der Waals surface area contributed by atoms with Crippen LogP contribution in [0.4, 0.5) is 5.69 Å². The van der Waals surface area contributed by atoms with Crippen LogP contribution < -0.4 is 5.32 Å². The summed E-state index contributed by atoms with van der Waals surface area (Å²) in [5.74, 6) is -1.61. The lowest BCUT2D eigenvalue weighted by molar-refractivity contribution is -0.384. The summed E-state index contributed by atoms with van der Waals surface area (Å²) in [4.78, 5) is 34.3. The molecule has 2 aromatic carbocycles. The second-order valence-corrected chi connectivity index (χ2v) is 5.66. The van der Waals surface area contributed by atoms with Gasteiger partial charge in [-0.3, -0.25) is 14.9 Å². The van der Waals surface area contributed by atoms with Crippen molar-refractivity contribution in [1.29, 1.82) is 0 Å². The lowest BCUT2D eigenvalue weighted by Crippen LogP contribution is -2.27. The zero-order valence-corrected chi connectivity index (χ0v) is 14.4. The molecule has 0 unspecified atom stereocenters. The Hall–Kier alpha value is -4.20. The Morgan fingerprint density at radius 2 is 1.68 bits per heavy atom. The summed E-state index contributed by atoms with van der Waals surface area (Å²) < 4.78 is 5.53. The summed E-state index contributed by atoms with van der Waals surface area (Å²) >= 11 is 0. The number of carboxylic acids is 1. The van der Waals surface area contributed by atoms with E-state index in [1.54, 1.807) is 36.4 Å². The Labute approximate surface area is 158 Å². The Morgan fingerprint density at radius 3 is 2.36 bits per heavy atom. The number of nitro groups is 1. The average molecular weight is 378 g/mol. The van der Waals surface area contributed by atoms with Crippen molar-refractivity contribution in [2.45, 2.75) is 0 Å². The highest BCUT2D eigenvalue weighted by Gasteiger charge is 2.18. The van der Waals surface area contributed by atoms with Crippen molar-refractivity contribution in [2.24, 2.45) is 0 Å². The van der Waals surface area contributed by atoms with E-state index in [-0.39, 0.29) is 22.8 Å². The van der Waals surface area contributed by atoms with Crippen molar-refractivity contribution < 1.29 is 24.0 Å². The zero-order chi connectivity index (χ0) is 20.1. The number of hydrogen-bond acceptors (Lipinski definition) is 5. The third-order valence-electron chi connectivity index (χ3n) is 3.79. The Balaban J connectivity index is 1.88. The third kappa shape index (κ3) is 4.13. The molecule has 3 aromatic rings. The number of furan rings is 1. The van der Waals surface area contributed by atoms with Crippen LogP contribution in [0.15, 0.2) is 76.8 Å². The van der Waals surface area contributed by atoms with Crippen LogP contribution in [0, 0.1) is 10.1 Å². The summed E-state index contributed by atoms with van der Waals surface area (Å²) in [6, 6.07) is 17.1. The molecule has 140 valence electrons. The van der Waals surface area contributed by atoms with E-state index in [1.807, 2.05) is 0 Å². The van der Waals surface area contributed by atoms with Gasteiger partial charge in [-0.1, -0.05) is 30.3 Å². The zero-order valence-electron chi connectivity index (χ0n) is 14.4. The molecule has 0 saturated carbocycles. The Morgan fingerprint density at radius 1 is 1.00 bits per heavy atom. The van der Waals surface area contributed by atoms with Gasteiger partial charge in [-0.15, -0.1) is 0 Å². The molecule has 0 fully saturated rings. The van der Waals surface area contributed by atoms with Gasteiger partial charge in [-0.2, -0.15) is 0 Å². The van der Waals surface area contributed by atoms with Crippen LogP contribution in [0.25, 0.3) is 17.4 Å². The van der Waals surface area contributed by atoms with E-state index in [4.69, 9.17) is 4.42 Å². The van der Waals surface area contributed by atoms with E-state index in [9.17, 15) is 24.8 Å². The quantitative estimate of drug-likeness (QED) is 0.383. The van der Waals surface area contributed by atoms with Crippen LogP contribution in [0.3, 0.4) is 0 Å². The molecule has 1 amide bonds. The minimum Gasteiger partial charge on any atom is -0.477 e. The highest BCUT2D eigenvalue weighted by atomic mass is 16.6. The first kappa shape index (κ1) is 18.6. The predicted octanol–water partition coefficient (Wildman–Crippen LogP) is 3.71. The number of carbonyl (C=O) groups excluding carboxylic acids is 1. The number of hydrogen-bond donors (Lipinski definition) is 2. The number of carbonyl (C=O) groups is 2. The monoisotopic (exact) mass is 378 g/mol. The first-order valence-electron chi connectivity index (χ1n) is 8.10. The summed E-state index contributed by atoms with van der Waals surface area (Å²) in [7, 11) is 0. The van der Waals surface area contributed by atoms with Crippen LogP contribution in [0.2, 0.25) is 0 Å². The lowest BCUT2D eigenvalue weighted by atomic mass is 10.1. The van der Waals surface area contributed by atoms with Gasteiger partial charge >= 0.3 is 5.97 Å². The van der Waals surface area contributed by atoms with Crippen LogP contribution in [0.1, 0.15) is 16.1 Å². The van der Waals surface area contributed by atoms with Crippen molar-refractivity contribution in [2.75, 3.05) is 0 Å². The van der Waals surface area contributed by atoms with Crippen LogP contribution in [-0.2, 0) is 4.79 Å². The number of carboxylic acid groups (broad SMARTS) is 1. The third-order valence-corrected chi connectivity index (χ3v) is 3.79. The smallest absolute Gasteiger partial charge is 0.352 e. The number of benzene rings is 2. The molecule has 0 aliphatic heterocycles. The topological polar surface area (TPSA) is 123 Å². The molecular formula is C20H14N2O6. The molecule has 8 heteroatoms. The number of rotatable bonds is 6. The molecule has 0 radical (unpaired) electrons. The van der Waals surface area contributed by atoms with Gasteiger partial charge in [0.15, 0.2) is 0 Å². The number of nitrogens with zero attached hydrogens (tertiary/aromatic N) is 1. The van der Waals surface area contributed by atoms with E-state index in [1.165, 1.54) is 30.3 Å². The summed E-state index contributed by atoms with van der Waals surface area (Å²) in [5, 5.41) is 22.8. The van der Waals surface area contributed by atoms with Gasteiger partial charge in [0.25, 0.3) is 11.6 Å². The van der Waals surface area contributed by atoms with Crippen molar-refractivity contribution >= 4 is 23.6 Å². The lowest BCUT2D eigenvalue weighted by Gasteiger charge is -2.05. The van der Waals surface area contributed by atoms with E-state index < -0.39 is 22.5 Å². The van der Waals surface area contributed by atoms with Crippen LogP contribution in [-0.4, -0.2) is 21.9 Å². The molecule has 2 N–H and O–H groups in total. The fourth-order valence-corrected chi connectivity index (χ4v) is 2.49. The Kier molecular flexibility index (Phi) is 5.31. The second-order valence-electron chi connectivity index (χ2n) is 5.66. The van der Waals surface area contributed by atoms with Gasteiger partial charge in [0, 0.05) is 17.7 Å². The van der Waals surface area contributed by atoms with Crippen molar-refractivity contribution in [3.05, 3.63) is 93.9 Å². The largest absolute Gasteiger partial charge is 0.477 e. The second kappa shape index (κ2) is 8.00. The highest BCUT2D eigenvalue weighted by Crippen LogP contribution is 2.31. The minimum atomic E-state index is -1.35. The molecule has 0 aliphatic rings. The molecule has 8 nitrogen and oxygen atoms in total. The van der Waals surface area contributed by atoms with Gasteiger partial charge in [0.05, 0.1) is 10.5 Å². The maximum Gasteiger partial charge on any atom is 0.352 e. The average Bonchev–Trinajstić information content (AvgIpc) is 3.16. The maximum absolute atomic E-state index is 12.2. The fourth-order valence-electron chi connectivity index (χ4n) is 2.49. The molecule has 0 saturated heterocycles. The van der Waals surface area contributed by atoms with Gasteiger partial charge in [0.1, 0.15) is 17.2 Å². The summed E-state index contributed by atoms with van der Waals surface area (Å²) in [5.41, 5.74) is 0.0348. The first-order chi connectivity index (χ1) is 13.5. The molecule has 1 aromatic heterocycles. The molecule has 0 bridgehead atoms. The maximum atomic E-state index is 12.2. The van der Waals surface area contributed by atoms with Crippen molar-refractivity contribution in [3.63, 3.8) is 0 Å². The number of nitrogens with one attached hydrogen (secondary N) is 1. The number of amides is 1. The SMILES string of the molecule is O=C(O)C(=Cc1ccc(-c2ccccc2[N+](=O)[O-])o1)NC(=O)c1ccccc1. The van der Waals surface area contributed by atoms with Crippen molar-refractivity contribution in [3.8, 4) is 11.3 Å². The normalized spacial score (nSPS) is 11.1. The molecule has 3 rings (SSSR count). The highest BCUT2D eigenvalue weighted by molar-refractivity contribution is 6.02. The standard InChI is InChI=1S/C20H14N2O6/c23-19(13-6-2-1-3-7-13)21-16(20(24)25)12-14-10-11-18(28-14)15-8-4-5-9-17(15)22(26)27/h1-12H,(H,21,23)(H,24,25). The molecule has 0 atom stereocenters. The predicted molar refractivity (Wildman–Crippen MR) is 100 cm³/mol. The number of aliphatic carboxylic acids is 1. The van der Waals surface area contributed by atoms with E-state index >= 15 is 0 Å². The Bertz CT molecular complexity index is 1070. The minimum absolute atomic E-state index is 0.124. The molecule has 0 aliphatic carbocycles. The first-order valence-corrected chi connectivity index (χ1v) is 8.10. The molecule has 0 spiro atoms. The van der Waals surface area contributed by atoms with Gasteiger partial charge in [0.2, 0.25) is 0 Å². The van der Waals surface area contributed by atoms with Gasteiger partial charge in [-0.05, 0) is 30.3 Å². The molecule has 1 heterocycles. The van der Waals surface area contributed by atoms with Crippen LogP contribution >= 0.6 is 0 Å².